The number of anilines is 1. The third kappa shape index (κ3) is 4.21. The molecule has 0 bridgehead atoms. The van der Waals surface area contributed by atoms with Crippen molar-refractivity contribution in [2.45, 2.75) is 51.6 Å². The standard InChI is InChI=1S/C16H22N6O2/c1-11-7-14(21-20-11)19-16(24)12-8-17-22(9-12)10-15(23)18-13-5-3-2-4-6-13/h7-9,13H,2-6,10H2,1H3,(H,18,23)(H2,19,20,21,24). The van der Waals surface area contributed by atoms with E-state index in [1.54, 1.807) is 12.3 Å². The first-order chi connectivity index (χ1) is 11.6. The number of H-pyrrole nitrogens is 1. The van der Waals surface area contributed by atoms with Crippen LogP contribution in [0.2, 0.25) is 0 Å². The summed E-state index contributed by atoms with van der Waals surface area (Å²) in [6.45, 7) is 1.97. The Balaban J connectivity index is 1.52. The van der Waals surface area contributed by atoms with Gasteiger partial charge in [0.2, 0.25) is 5.91 Å². The molecule has 3 N–H and O–H groups in total. The van der Waals surface area contributed by atoms with Gasteiger partial charge in [0.15, 0.2) is 5.82 Å². The van der Waals surface area contributed by atoms with Crippen molar-refractivity contribution in [3.63, 3.8) is 0 Å². The van der Waals surface area contributed by atoms with E-state index in [9.17, 15) is 9.59 Å². The highest BCUT2D eigenvalue weighted by molar-refractivity contribution is 6.03. The van der Waals surface area contributed by atoms with Crippen LogP contribution >= 0.6 is 0 Å². The fourth-order valence-electron chi connectivity index (χ4n) is 2.91. The number of nitrogens with one attached hydrogen (secondary N) is 3. The molecule has 1 saturated carbocycles. The number of hydrogen-bond acceptors (Lipinski definition) is 4. The molecule has 1 aliphatic carbocycles. The van der Waals surface area contributed by atoms with Crippen LogP contribution in [0, 0.1) is 6.92 Å². The van der Waals surface area contributed by atoms with Gasteiger partial charge in [-0.05, 0) is 19.8 Å². The summed E-state index contributed by atoms with van der Waals surface area (Å²) < 4.78 is 1.48. The largest absolute Gasteiger partial charge is 0.352 e. The first-order valence-corrected chi connectivity index (χ1v) is 8.25. The van der Waals surface area contributed by atoms with E-state index in [1.807, 2.05) is 6.92 Å². The van der Waals surface area contributed by atoms with Crippen LogP contribution in [0.3, 0.4) is 0 Å². The molecule has 0 aliphatic heterocycles. The normalized spacial score (nSPS) is 15.2. The first-order valence-electron chi connectivity index (χ1n) is 8.25. The molecule has 0 radical (unpaired) electrons. The van der Waals surface area contributed by atoms with Crippen LogP contribution in [0.4, 0.5) is 5.82 Å². The van der Waals surface area contributed by atoms with Crippen molar-refractivity contribution in [1.29, 1.82) is 0 Å². The SMILES string of the molecule is Cc1cc(NC(=O)c2cnn(CC(=O)NC3CCCCC3)c2)n[nH]1. The van der Waals surface area contributed by atoms with E-state index in [0.29, 0.717) is 11.4 Å². The molecule has 0 saturated heterocycles. The number of nitrogens with zero attached hydrogens (tertiary/aromatic N) is 3. The van der Waals surface area contributed by atoms with Crippen LogP contribution < -0.4 is 10.6 Å². The summed E-state index contributed by atoms with van der Waals surface area (Å²) in [6.07, 6.45) is 8.69. The maximum absolute atomic E-state index is 12.1. The van der Waals surface area contributed by atoms with Crippen LogP contribution in [0.1, 0.15) is 48.2 Å². The molecule has 1 aliphatic rings. The lowest BCUT2D eigenvalue weighted by atomic mass is 9.95. The van der Waals surface area contributed by atoms with Gasteiger partial charge in [-0.25, -0.2) is 0 Å². The second kappa shape index (κ2) is 7.29. The van der Waals surface area contributed by atoms with Crippen LogP contribution in [-0.2, 0) is 11.3 Å². The molecule has 128 valence electrons. The maximum Gasteiger partial charge on any atom is 0.260 e. The van der Waals surface area contributed by atoms with Crippen molar-refractivity contribution >= 4 is 17.6 Å². The number of aromatic amines is 1. The molecule has 8 heteroatoms. The minimum atomic E-state index is -0.305. The highest BCUT2D eigenvalue weighted by Gasteiger charge is 2.17. The van der Waals surface area contributed by atoms with Crippen LogP contribution in [0.5, 0.6) is 0 Å². The lowest BCUT2D eigenvalue weighted by molar-refractivity contribution is -0.122. The van der Waals surface area contributed by atoms with Crippen LogP contribution in [0.25, 0.3) is 0 Å². The van der Waals surface area contributed by atoms with Crippen molar-refractivity contribution in [1.82, 2.24) is 25.3 Å². The molecule has 2 aromatic heterocycles. The monoisotopic (exact) mass is 330 g/mol. The molecule has 8 nitrogen and oxygen atoms in total. The number of rotatable bonds is 5. The summed E-state index contributed by atoms with van der Waals surface area (Å²) in [5, 5.41) is 16.5. The van der Waals surface area contributed by atoms with Gasteiger partial charge in [0, 0.05) is 24.0 Å². The predicted molar refractivity (Wildman–Crippen MR) is 88.5 cm³/mol. The quantitative estimate of drug-likeness (QED) is 0.774. The van der Waals surface area contributed by atoms with Gasteiger partial charge in [-0.3, -0.25) is 19.4 Å². The fraction of sp³-hybridized carbons (Fsp3) is 0.500. The van der Waals surface area contributed by atoms with E-state index >= 15 is 0 Å². The molecule has 2 heterocycles. The third-order valence-electron chi connectivity index (χ3n) is 4.12. The van der Waals surface area contributed by atoms with Gasteiger partial charge < -0.3 is 10.6 Å². The molecule has 2 amide bonds. The molecular weight excluding hydrogens is 308 g/mol. The minimum absolute atomic E-state index is 0.0696. The highest BCUT2D eigenvalue weighted by atomic mass is 16.2. The molecule has 2 aromatic rings. The number of carbonyl (C=O) groups excluding carboxylic acids is 2. The topological polar surface area (TPSA) is 105 Å². The van der Waals surface area contributed by atoms with Gasteiger partial charge in [0.25, 0.3) is 5.91 Å². The highest BCUT2D eigenvalue weighted by Crippen LogP contribution is 2.17. The summed E-state index contributed by atoms with van der Waals surface area (Å²) in [6, 6.07) is 2.01. The van der Waals surface area contributed by atoms with E-state index in [-0.39, 0.29) is 24.4 Å². The molecule has 1 fully saturated rings. The van der Waals surface area contributed by atoms with Crippen molar-refractivity contribution in [3.8, 4) is 0 Å². The van der Waals surface area contributed by atoms with E-state index in [2.05, 4.69) is 25.9 Å². The Hall–Kier alpha value is -2.64. The average molecular weight is 330 g/mol. The summed E-state index contributed by atoms with van der Waals surface area (Å²) in [5.41, 5.74) is 1.25. The number of aryl methyl sites for hydroxylation is 1. The Labute approximate surface area is 140 Å². The third-order valence-corrected chi connectivity index (χ3v) is 4.12. The number of carbonyl (C=O) groups is 2. The van der Waals surface area contributed by atoms with E-state index in [4.69, 9.17) is 0 Å². The fourth-order valence-corrected chi connectivity index (χ4v) is 2.91. The van der Waals surface area contributed by atoms with Crippen molar-refractivity contribution in [2.75, 3.05) is 5.32 Å². The smallest absolute Gasteiger partial charge is 0.260 e. The molecular formula is C16H22N6O2. The molecule has 0 spiro atoms. The van der Waals surface area contributed by atoms with E-state index in [1.165, 1.54) is 30.1 Å². The second-order valence-electron chi connectivity index (χ2n) is 6.22. The summed E-state index contributed by atoms with van der Waals surface area (Å²) in [7, 11) is 0. The van der Waals surface area contributed by atoms with Crippen LogP contribution in [-0.4, -0.2) is 37.8 Å². The lowest BCUT2D eigenvalue weighted by Gasteiger charge is -2.22. The number of hydrogen-bond donors (Lipinski definition) is 3. The average Bonchev–Trinajstić information content (AvgIpc) is 3.17. The number of aromatic nitrogens is 4. The van der Waals surface area contributed by atoms with Crippen LogP contribution in [0.15, 0.2) is 18.5 Å². The Morgan fingerprint density at radius 2 is 2.12 bits per heavy atom. The zero-order valence-corrected chi connectivity index (χ0v) is 13.7. The zero-order chi connectivity index (χ0) is 16.9. The molecule has 0 unspecified atom stereocenters. The van der Waals surface area contributed by atoms with Crippen molar-refractivity contribution in [3.05, 3.63) is 29.7 Å². The van der Waals surface area contributed by atoms with Gasteiger partial charge in [0.05, 0.1) is 11.8 Å². The van der Waals surface area contributed by atoms with Crippen molar-refractivity contribution in [2.24, 2.45) is 0 Å². The van der Waals surface area contributed by atoms with Gasteiger partial charge in [0.1, 0.15) is 6.54 Å². The minimum Gasteiger partial charge on any atom is -0.352 e. The predicted octanol–water partition coefficient (Wildman–Crippen LogP) is 1.62. The second-order valence-corrected chi connectivity index (χ2v) is 6.22. The summed E-state index contributed by atoms with van der Waals surface area (Å²) in [5.74, 6) is 0.0839. The van der Waals surface area contributed by atoms with Crippen molar-refractivity contribution < 1.29 is 9.59 Å². The Morgan fingerprint density at radius 3 is 2.83 bits per heavy atom. The summed E-state index contributed by atoms with van der Waals surface area (Å²) in [4.78, 5) is 24.2. The zero-order valence-electron chi connectivity index (χ0n) is 13.7. The van der Waals surface area contributed by atoms with E-state index in [0.717, 1.165) is 18.5 Å². The van der Waals surface area contributed by atoms with Gasteiger partial charge in [-0.15, -0.1) is 0 Å². The molecule has 0 aromatic carbocycles. The molecule has 3 rings (SSSR count). The van der Waals surface area contributed by atoms with Gasteiger partial charge in [-0.2, -0.15) is 10.2 Å². The van der Waals surface area contributed by atoms with Gasteiger partial charge in [-0.1, -0.05) is 19.3 Å². The van der Waals surface area contributed by atoms with E-state index < -0.39 is 0 Å². The Bertz CT molecular complexity index is 714. The number of amides is 2. The lowest BCUT2D eigenvalue weighted by Crippen LogP contribution is -2.38. The molecule has 0 atom stereocenters. The maximum atomic E-state index is 12.1. The first kappa shape index (κ1) is 16.2. The summed E-state index contributed by atoms with van der Waals surface area (Å²) >= 11 is 0. The van der Waals surface area contributed by atoms with Gasteiger partial charge >= 0.3 is 0 Å². The Morgan fingerprint density at radius 1 is 1.33 bits per heavy atom. The Kier molecular flexibility index (Phi) is 4.93. The molecule has 24 heavy (non-hydrogen) atoms.